The summed E-state index contributed by atoms with van der Waals surface area (Å²) in [6, 6.07) is 15.8. The van der Waals surface area contributed by atoms with Gasteiger partial charge >= 0.3 is 0 Å². The van der Waals surface area contributed by atoms with Crippen LogP contribution in [0.15, 0.2) is 48.5 Å². The molecular weight excluding hydrogens is 428 g/mol. The number of aliphatic hydroxyl groups is 2. The van der Waals surface area contributed by atoms with Crippen LogP contribution in [0.5, 0.6) is 5.75 Å². The second-order valence-electron chi connectivity index (χ2n) is 11.1. The lowest BCUT2D eigenvalue weighted by Crippen LogP contribution is -2.32. The SMILES string of the molecule is COc1ccc(C2(C(=O)Nc3ccc4c(c3)cc(C(C)(C)C)n4C[C@@H](O)CO)CC2(C)C)cc1.[HH]. The van der Waals surface area contributed by atoms with E-state index in [9.17, 15) is 15.0 Å². The molecule has 1 aliphatic carbocycles. The third kappa shape index (κ3) is 4.10. The third-order valence-corrected chi connectivity index (χ3v) is 7.24. The van der Waals surface area contributed by atoms with E-state index in [1.807, 2.05) is 42.5 Å². The molecule has 6 heteroatoms. The normalized spacial score (nSPS) is 20.2. The molecule has 3 aromatic rings. The van der Waals surface area contributed by atoms with Crippen molar-refractivity contribution in [3.63, 3.8) is 0 Å². The maximum absolute atomic E-state index is 13.6. The number of methoxy groups -OCH3 is 1. The highest BCUT2D eigenvalue weighted by molar-refractivity contribution is 6.03. The maximum atomic E-state index is 13.6. The number of rotatable bonds is 7. The van der Waals surface area contributed by atoms with E-state index in [0.717, 1.165) is 40.0 Å². The first-order valence-corrected chi connectivity index (χ1v) is 11.8. The Morgan fingerprint density at radius 3 is 2.35 bits per heavy atom. The van der Waals surface area contributed by atoms with E-state index in [2.05, 4.69) is 50.6 Å². The average Bonchev–Trinajstić information content (AvgIpc) is 3.20. The Morgan fingerprint density at radius 2 is 1.82 bits per heavy atom. The highest BCUT2D eigenvalue weighted by Crippen LogP contribution is 2.64. The molecular formula is C28H38N2O4. The molecule has 0 saturated heterocycles. The fourth-order valence-electron chi connectivity index (χ4n) is 5.18. The summed E-state index contributed by atoms with van der Waals surface area (Å²) < 4.78 is 7.35. The molecule has 1 aromatic heterocycles. The van der Waals surface area contributed by atoms with Crippen LogP contribution in [0.3, 0.4) is 0 Å². The fourth-order valence-corrected chi connectivity index (χ4v) is 5.18. The molecule has 2 aromatic carbocycles. The lowest BCUT2D eigenvalue weighted by molar-refractivity contribution is -0.119. The first-order valence-electron chi connectivity index (χ1n) is 11.8. The number of ether oxygens (including phenoxy) is 1. The van der Waals surface area contributed by atoms with Crippen molar-refractivity contribution in [1.29, 1.82) is 0 Å². The molecule has 1 aliphatic rings. The van der Waals surface area contributed by atoms with Crippen molar-refractivity contribution < 1.29 is 21.2 Å². The molecule has 184 valence electrons. The predicted octanol–water partition coefficient (Wildman–Crippen LogP) is 4.85. The molecule has 0 spiro atoms. The number of amides is 1. The number of nitrogens with zero attached hydrogens (tertiary/aromatic N) is 1. The van der Waals surface area contributed by atoms with Gasteiger partial charge in [0, 0.05) is 29.1 Å². The number of aliphatic hydroxyl groups excluding tert-OH is 2. The zero-order valence-electron chi connectivity index (χ0n) is 21.0. The zero-order chi connectivity index (χ0) is 24.9. The van der Waals surface area contributed by atoms with Gasteiger partial charge in [-0.15, -0.1) is 0 Å². The standard InChI is InChI=1S/C28H36N2O4.H2/c1-26(2,3)24-14-18-13-20(9-12-23(18)30(24)15-21(32)16-31)29-25(33)28(17-27(28,4)5)19-7-10-22(34-6)11-8-19;/h7-14,21,31-32H,15-17H2,1-6H3,(H,29,33);1H/t21-,28?;/m1./s1. The van der Waals surface area contributed by atoms with Crippen LogP contribution < -0.4 is 10.1 Å². The summed E-state index contributed by atoms with van der Waals surface area (Å²) in [6.45, 7) is 10.6. The van der Waals surface area contributed by atoms with Crippen molar-refractivity contribution in [3.8, 4) is 5.75 Å². The van der Waals surface area contributed by atoms with Gasteiger partial charge < -0.3 is 24.8 Å². The van der Waals surface area contributed by atoms with E-state index in [-0.39, 0.29) is 24.8 Å². The van der Waals surface area contributed by atoms with Crippen LogP contribution in [0.1, 0.15) is 53.7 Å². The molecule has 1 fully saturated rings. The number of benzene rings is 2. The predicted molar refractivity (Wildman–Crippen MR) is 138 cm³/mol. The van der Waals surface area contributed by atoms with Crippen molar-refractivity contribution in [2.24, 2.45) is 5.41 Å². The van der Waals surface area contributed by atoms with Gasteiger partial charge in [-0.3, -0.25) is 4.79 Å². The van der Waals surface area contributed by atoms with Crippen LogP contribution in [0, 0.1) is 5.41 Å². The van der Waals surface area contributed by atoms with Crippen LogP contribution >= 0.6 is 0 Å². The summed E-state index contributed by atoms with van der Waals surface area (Å²) in [5, 5.41) is 23.6. The van der Waals surface area contributed by atoms with Gasteiger partial charge in [-0.25, -0.2) is 0 Å². The first kappa shape index (κ1) is 24.3. The average molecular weight is 467 g/mol. The molecule has 1 saturated carbocycles. The van der Waals surface area contributed by atoms with E-state index in [1.165, 1.54) is 0 Å². The second kappa shape index (κ2) is 8.43. The Labute approximate surface area is 203 Å². The summed E-state index contributed by atoms with van der Waals surface area (Å²) in [5.41, 5.74) is 2.91. The Hall–Kier alpha value is -2.83. The lowest BCUT2D eigenvalue weighted by atomic mass is 9.87. The van der Waals surface area contributed by atoms with E-state index in [4.69, 9.17) is 4.74 Å². The van der Waals surface area contributed by atoms with Gasteiger partial charge in [0.2, 0.25) is 5.91 Å². The zero-order valence-corrected chi connectivity index (χ0v) is 21.0. The highest BCUT2D eigenvalue weighted by atomic mass is 16.5. The van der Waals surface area contributed by atoms with Gasteiger partial charge in [0.1, 0.15) is 5.75 Å². The summed E-state index contributed by atoms with van der Waals surface area (Å²) in [4.78, 5) is 13.6. The number of hydrogen-bond donors (Lipinski definition) is 3. The van der Waals surface area contributed by atoms with Crippen molar-refractivity contribution in [3.05, 3.63) is 59.8 Å². The molecule has 1 unspecified atom stereocenters. The Kier molecular flexibility index (Phi) is 6.03. The van der Waals surface area contributed by atoms with Gasteiger partial charge in [-0.1, -0.05) is 46.8 Å². The quantitative estimate of drug-likeness (QED) is 0.465. The molecule has 2 atom stereocenters. The fraction of sp³-hybridized carbons (Fsp3) is 0.464. The largest absolute Gasteiger partial charge is 0.497 e. The molecule has 0 aliphatic heterocycles. The van der Waals surface area contributed by atoms with Crippen LogP contribution in [-0.2, 0) is 22.2 Å². The number of fused-ring (bicyclic) bond motifs is 1. The smallest absolute Gasteiger partial charge is 0.235 e. The molecule has 3 N–H and O–H groups in total. The Balaban J connectivity index is 0.00000342. The molecule has 0 bridgehead atoms. The van der Waals surface area contributed by atoms with Crippen LogP contribution in [0.2, 0.25) is 0 Å². The van der Waals surface area contributed by atoms with Crippen LogP contribution in [-0.4, -0.2) is 40.5 Å². The summed E-state index contributed by atoms with van der Waals surface area (Å²) >= 11 is 0. The van der Waals surface area contributed by atoms with E-state index in [1.54, 1.807) is 7.11 Å². The van der Waals surface area contributed by atoms with Crippen LogP contribution in [0.25, 0.3) is 10.9 Å². The third-order valence-electron chi connectivity index (χ3n) is 7.24. The van der Waals surface area contributed by atoms with Gasteiger partial charge in [-0.05, 0) is 53.8 Å². The summed E-state index contributed by atoms with van der Waals surface area (Å²) in [7, 11) is 1.64. The molecule has 1 heterocycles. The minimum absolute atomic E-state index is 0. The molecule has 6 nitrogen and oxygen atoms in total. The number of hydrogen-bond acceptors (Lipinski definition) is 4. The highest BCUT2D eigenvalue weighted by Gasteiger charge is 2.67. The van der Waals surface area contributed by atoms with E-state index in [0.29, 0.717) is 6.54 Å². The number of aromatic nitrogens is 1. The monoisotopic (exact) mass is 466 g/mol. The molecule has 34 heavy (non-hydrogen) atoms. The minimum Gasteiger partial charge on any atom is -0.497 e. The Morgan fingerprint density at radius 1 is 1.18 bits per heavy atom. The van der Waals surface area contributed by atoms with Gasteiger partial charge in [0.15, 0.2) is 0 Å². The number of nitrogens with one attached hydrogen (secondary N) is 1. The van der Waals surface area contributed by atoms with Crippen molar-refractivity contribution >= 4 is 22.5 Å². The summed E-state index contributed by atoms with van der Waals surface area (Å²) in [5.74, 6) is 0.766. The van der Waals surface area contributed by atoms with Gasteiger partial charge in [-0.2, -0.15) is 0 Å². The van der Waals surface area contributed by atoms with Crippen LogP contribution in [0.4, 0.5) is 5.69 Å². The lowest BCUT2D eigenvalue weighted by Gasteiger charge is -2.23. The van der Waals surface area contributed by atoms with Crippen molar-refractivity contribution in [2.75, 3.05) is 19.0 Å². The van der Waals surface area contributed by atoms with E-state index < -0.39 is 11.5 Å². The van der Waals surface area contributed by atoms with Crippen molar-refractivity contribution in [2.45, 2.75) is 64.5 Å². The topological polar surface area (TPSA) is 83.7 Å². The number of carbonyl (C=O) groups excluding carboxylic acids is 1. The second-order valence-corrected chi connectivity index (χ2v) is 11.1. The van der Waals surface area contributed by atoms with E-state index >= 15 is 0 Å². The number of carbonyl (C=O) groups is 1. The maximum Gasteiger partial charge on any atom is 0.235 e. The van der Waals surface area contributed by atoms with Crippen molar-refractivity contribution in [1.82, 2.24) is 4.57 Å². The van der Waals surface area contributed by atoms with Gasteiger partial charge in [0.25, 0.3) is 0 Å². The molecule has 1 amide bonds. The summed E-state index contributed by atoms with van der Waals surface area (Å²) in [6.07, 6.45) is -0.0539. The molecule has 4 rings (SSSR count). The molecule has 0 radical (unpaired) electrons. The minimum atomic E-state index is -0.836. The Bertz CT molecular complexity index is 1210. The number of anilines is 1. The first-order chi connectivity index (χ1) is 15.9. The van der Waals surface area contributed by atoms with Gasteiger partial charge in [0.05, 0.1) is 31.8 Å².